The van der Waals surface area contributed by atoms with E-state index in [0.29, 0.717) is 6.61 Å². The molecule has 1 nitrogen and oxygen atoms in total. The number of unbranched alkanes of at least 4 members (excludes halogenated alkanes) is 5. The van der Waals surface area contributed by atoms with E-state index in [2.05, 4.69) is 6.92 Å². The molecule has 0 saturated carbocycles. The Kier molecular flexibility index (Phi) is 10.9. The standard InChI is InChI=1S/C12H24FO/c1-3-4-5-6-7-8-9-14-11-12(2)10-13/h12H,1,3-11H2,2H3. The molecule has 0 heterocycles. The Balaban J connectivity index is 2.92. The Bertz CT molecular complexity index is 106. The first kappa shape index (κ1) is 13.9. The van der Waals surface area contributed by atoms with Crippen molar-refractivity contribution in [3.63, 3.8) is 0 Å². The van der Waals surface area contributed by atoms with Crippen LogP contribution >= 0.6 is 0 Å². The third-order valence-corrected chi connectivity index (χ3v) is 2.20. The molecular weight excluding hydrogens is 179 g/mol. The summed E-state index contributed by atoms with van der Waals surface area (Å²) in [6.45, 7) is 6.75. The van der Waals surface area contributed by atoms with Gasteiger partial charge in [0.25, 0.3) is 0 Å². The molecule has 2 heteroatoms. The lowest BCUT2D eigenvalue weighted by Gasteiger charge is -2.07. The molecule has 0 bridgehead atoms. The van der Waals surface area contributed by atoms with E-state index < -0.39 is 0 Å². The summed E-state index contributed by atoms with van der Waals surface area (Å²) in [7, 11) is 0. The number of alkyl halides is 1. The molecule has 0 aromatic heterocycles. The van der Waals surface area contributed by atoms with Crippen LogP contribution in [0.1, 0.15) is 45.4 Å². The maximum absolute atomic E-state index is 12.0. The van der Waals surface area contributed by atoms with Gasteiger partial charge in [0.05, 0.1) is 13.3 Å². The lowest BCUT2D eigenvalue weighted by molar-refractivity contribution is 0.0925. The maximum Gasteiger partial charge on any atom is 0.0941 e. The van der Waals surface area contributed by atoms with Crippen molar-refractivity contribution in [2.24, 2.45) is 5.92 Å². The molecule has 0 saturated heterocycles. The predicted molar refractivity (Wildman–Crippen MR) is 59.0 cm³/mol. The zero-order valence-electron chi connectivity index (χ0n) is 9.43. The minimum absolute atomic E-state index is 0.0566. The van der Waals surface area contributed by atoms with Gasteiger partial charge in [-0.1, -0.05) is 46.0 Å². The van der Waals surface area contributed by atoms with Crippen LogP contribution in [0.25, 0.3) is 0 Å². The van der Waals surface area contributed by atoms with Crippen molar-refractivity contribution in [3.8, 4) is 0 Å². The Morgan fingerprint density at radius 1 is 1.14 bits per heavy atom. The molecule has 85 valence electrons. The second-order valence-electron chi connectivity index (χ2n) is 3.96. The Hall–Kier alpha value is -0.110. The SMILES string of the molecule is [CH2]CCCCCCCOCC(C)CF. The molecule has 0 N–H and O–H groups in total. The van der Waals surface area contributed by atoms with Crippen molar-refractivity contribution in [2.45, 2.75) is 45.4 Å². The van der Waals surface area contributed by atoms with E-state index in [-0.39, 0.29) is 12.6 Å². The Morgan fingerprint density at radius 3 is 2.43 bits per heavy atom. The summed E-state index contributed by atoms with van der Waals surface area (Å²) in [4.78, 5) is 0. The van der Waals surface area contributed by atoms with Crippen LogP contribution in [0, 0.1) is 12.8 Å². The maximum atomic E-state index is 12.0. The molecule has 0 aliphatic heterocycles. The third-order valence-electron chi connectivity index (χ3n) is 2.20. The lowest BCUT2D eigenvalue weighted by Crippen LogP contribution is -2.08. The molecule has 0 fully saturated rings. The van der Waals surface area contributed by atoms with Crippen LogP contribution < -0.4 is 0 Å². The normalized spacial score (nSPS) is 13.1. The second kappa shape index (κ2) is 11.0. The quantitative estimate of drug-likeness (QED) is 0.491. The molecule has 0 spiro atoms. The van der Waals surface area contributed by atoms with Crippen molar-refractivity contribution in [1.82, 2.24) is 0 Å². The smallest absolute Gasteiger partial charge is 0.0941 e. The fourth-order valence-corrected chi connectivity index (χ4v) is 1.24. The van der Waals surface area contributed by atoms with Crippen molar-refractivity contribution >= 4 is 0 Å². The predicted octanol–water partition coefficient (Wildman–Crippen LogP) is 3.78. The highest BCUT2D eigenvalue weighted by atomic mass is 19.1. The molecule has 0 aromatic carbocycles. The molecule has 1 radical (unpaired) electrons. The van der Waals surface area contributed by atoms with Crippen molar-refractivity contribution in [2.75, 3.05) is 19.9 Å². The highest BCUT2D eigenvalue weighted by molar-refractivity contribution is 4.48. The van der Waals surface area contributed by atoms with Gasteiger partial charge < -0.3 is 4.74 Å². The first-order chi connectivity index (χ1) is 6.81. The molecule has 0 aromatic rings. The molecule has 0 rings (SSSR count). The number of hydrogen-bond acceptors (Lipinski definition) is 1. The second-order valence-corrected chi connectivity index (χ2v) is 3.96. The van der Waals surface area contributed by atoms with Gasteiger partial charge in [-0.05, 0) is 6.42 Å². The van der Waals surface area contributed by atoms with Gasteiger partial charge in [0.2, 0.25) is 0 Å². The van der Waals surface area contributed by atoms with Crippen LogP contribution in [0.3, 0.4) is 0 Å². The van der Waals surface area contributed by atoms with E-state index in [4.69, 9.17) is 4.74 Å². The van der Waals surface area contributed by atoms with E-state index in [1.807, 2.05) is 6.92 Å². The van der Waals surface area contributed by atoms with Gasteiger partial charge in [0.1, 0.15) is 0 Å². The van der Waals surface area contributed by atoms with Gasteiger partial charge in [-0.2, -0.15) is 0 Å². The van der Waals surface area contributed by atoms with E-state index in [1.165, 1.54) is 25.7 Å². The van der Waals surface area contributed by atoms with Crippen molar-refractivity contribution in [3.05, 3.63) is 6.92 Å². The Morgan fingerprint density at radius 2 is 1.79 bits per heavy atom. The molecule has 1 unspecified atom stereocenters. The van der Waals surface area contributed by atoms with Crippen LogP contribution in [-0.4, -0.2) is 19.9 Å². The monoisotopic (exact) mass is 203 g/mol. The summed E-state index contributed by atoms with van der Waals surface area (Å²) in [5.74, 6) is 0.0566. The number of hydrogen-bond donors (Lipinski definition) is 0. The lowest BCUT2D eigenvalue weighted by atomic mass is 10.1. The van der Waals surface area contributed by atoms with E-state index in [9.17, 15) is 4.39 Å². The van der Waals surface area contributed by atoms with Crippen LogP contribution in [0.5, 0.6) is 0 Å². The summed E-state index contributed by atoms with van der Waals surface area (Å²) in [5, 5.41) is 0. The first-order valence-corrected chi connectivity index (χ1v) is 5.74. The largest absolute Gasteiger partial charge is 0.381 e. The molecule has 1 atom stereocenters. The van der Waals surface area contributed by atoms with Gasteiger partial charge >= 0.3 is 0 Å². The third kappa shape index (κ3) is 9.97. The fraction of sp³-hybridized carbons (Fsp3) is 0.917. The summed E-state index contributed by atoms with van der Waals surface area (Å²) in [5.41, 5.74) is 0. The van der Waals surface area contributed by atoms with Crippen LogP contribution in [-0.2, 0) is 4.74 Å². The van der Waals surface area contributed by atoms with Gasteiger partial charge in [-0.3, -0.25) is 4.39 Å². The molecular formula is C12H24FO. The summed E-state index contributed by atoms with van der Waals surface area (Å²) >= 11 is 0. The van der Waals surface area contributed by atoms with Gasteiger partial charge in [-0.25, -0.2) is 0 Å². The minimum Gasteiger partial charge on any atom is -0.381 e. The number of ether oxygens (including phenoxy) is 1. The summed E-state index contributed by atoms with van der Waals surface area (Å²) in [6, 6.07) is 0. The van der Waals surface area contributed by atoms with Gasteiger partial charge in [0.15, 0.2) is 0 Å². The zero-order chi connectivity index (χ0) is 10.6. The zero-order valence-corrected chi connectivity index (χ0v) is 9.43. The van der Waals surface area contributed by atoms with Gasteiger partial charge in [-0.15, -0.1) is 0 Å². The number of halogens is 1. The minimum atomic E-state index is -0.274. The first-order valence-electron chi connectivity index (χ1n) is 5.74. The Labute approximate surface area is 88.0 Å². The van der Waals surface area contributed by atoms with E-state index in [0.717, 1.165) is 19.4 Å². The summed E-state index contributed by atoms with van der Waals surface area (Å²) < 4.78 is 17.4. The average molecular weight is 203 g/mol. The highest BCUT2D eigenvalue weighted by Crippen LogP contribution is 2.05. The topological polar surface area (TPSA) is 9.23 Å². The molecule has 0 amide bonds. The van der Waals surface area contributed by atoms with Crippen molar-refractivity contribution < 1.29 is 9.13 Å². The van der Waals surface area contributed by atoms with E-state index in [1.54, 1.807) is 0 Å². The average Bonchev–Trinajstić information content (AvgIpc) is 2.21. The molecule has 14 heavy (non-hydrogen) atoms. The van der Waals surface area contributed by atoms with Crippen LogP contribution in [0.4, 0.5) is 4.39 Å². The van der Waals surface area contributed by atoms with Crippen LogP contribution in [0.15, 0.2) is 0 Å². The van der Waals surface area contributed by atoms with E-state index >= 15 is 0 Å². The molecule has 0 aliphatic carbocycles. The highest BCUT2D eigenvalue weighted by Gasteiger charge is 1.99. The summed E-state index contributed by atoms with van der Waals surface area (Å²) in [6.07, 6.45) is 7.17. The van der Waals surface area contributed by atoms with Crippen LogP contribution in [0.2, 0.25) is 0 Å². The van der Waals surface area contributed by atoms with Crippen molar-refractivity contribution in [1.29, 1.82) is 0 Å². The molecule has 0 aliphatic rings. The fourth-order valence-electron chi connectivity index (χ4n) is 1.24. The number of rotatable bonds is 10. The van der Waals surface area contributed by atoms with Gasteiger partial charge in [0, 0.05) is 12.5 Å².